The Kier molecular flexibility index (Phi) is 6.25. The first-order valence-electron chi connectivity index (χ1n) is 11.4. The third kappa shape index (κ3) is 4.37. The number of nitrogens with zero attached hydrogens (tertiary/aromatic N) is 2. The van der Waals surface area contributed by atoms with Gasteiger partial charge in [-0.3, -0.25) is 9.78 Å². The molecule has 0 unspecified atom stereocenters. The van der Waals surface area contributed by atoms with Gasteiger partial charge in [-0.25, -0.2) is 0 Å². The number of benzene rings is 3. The lowest BCUT2D eigenvalue weighted by molar-refractivity contribution is -0.132. The molecule has 0 fully saturated rings. The molecule has 0 saturated heterocycles. The lowest BCUT2D eigenvalue weighted by Crippen LogP contribution is -2.36. The van der Waals surface area contributed by atoms with Gasteiger partial charge >= 0.3 is 0 Å². The summed E-state index contributed by atoms with van der Waals surface area (Å²) in [5, 5.41) is 0. The number of hydrogen-bond acceptors (Lipinski definition) is 4. The molecule has 0 radical (unpaired) electrons. The van der Waals surface area contributed by atoms with Crippen LogP contribution in [0.4, 0.5) is 0 Å². The molecule has 2 heterocycles. The number of ether oxygens (including phenoxy) is 2. The SMILES string of the molecule is COc1cc(-c2cccnc2)cc2c1OCCN(C(=O)C(c1ccccc1)c1ccccc1)C2. The van der Waals surface area contributed by atoms with Crippen molar-refractivity contribution in [3.05, 3.63) is 114 Å². The summed E-state index contributed by atoms with van der Waals surface area (Å²) in [7, 11) is 1.64. The van der Waals surface area contributed by atoms with Crippen molar-refractivity contribution in [3.8, 4) is 22.6 Å². The van der Waals surface area contributed by atoms with Gasteiger partial charge in [0.15, 0.2) is 11.5 Å². The standard InChI is InChI=1S/C29H26N2O3/c1-33-26-18-24(23-13-8-14-30-19-23)17-25-20-31(15-16-34-28(25)26)29(32)27(21-9-4-2-5-10-21)22-11-6-3-7-12-22/h2-14,17-19,27H,15-16,20H2,1H3. The van der Waals surface area contributed by atoms with E-state index in [-0.39, 0.29) is 11.8 Å². The van der Waals surface area contributed by atoms with Crippen molar-refractivity contribution < 1.29 is 14.3 Å². The van der Waals surface area contributed by atoms with E-state index in [1.807, 2.05) is 90.0 Å². The molecule has 0 saturated carbocycles. The number of rotatable bonds is 5. The van der Waals surface area contributed by atoms with E-state index in [2.05, 4.69) is 11.1 Å². The highest BCUT2D eigenvalue weighted by atomic mass is 16.5. The fourth-order valence-corrected chi connectivity index (χ4v) is 4.47. The summed E-state index contributed by atoms with van der Waals surface area (Å²) in [6.45, 7) is 1.33. The predicted octanol–water partition coefficient (Wildman–Crippen LogP) is 5.31. The monoisotopic (exact) mass is 450 g/mol. The molecule has 1 amide bonds. The van der Waals surface area contributed by atoms with E-state index in [1.54, 1.807) is 13.3 Å². The molecule has 5 heteroatoms. The number of hydrogen-bond donors (Lipinski definition) is 0. The van der Waals surface area contributed by atoms with Crippen molar-refractivity contribution in [2.75, 3.05) is 20.3 Å². The van der Waals surface area contributed by atoms with Gasteiger partial charge in [-0.2, -0.15) is 0 Å². The summed E-state index contributed by atoms with van der Waals surface area (Å²) < 4.78 is 11.8. The van der Waals surface area contributed by atoms with Crippen LogP contribution in [0.1, 0.15) is 22.6 Å². The van der Waals surface area contributed by atoms with E-state index in [0.717, 1.165) is 27.8 Å². The van der Waals surface area contributed by atoms with Crippen molar-refractivity contribution in [2.24, 2.45) is 0 Å². The summed E-state index contributed by atoms with van der Waals surface area (Å²) in [5.74, 6) is 1.03. The topological polar surface area (TPSA) is 51.7 Å². The van der Waals surface area contributed by atoms with Crippen LogP contribution >= 0.6 is 0 Å². The Morgan fingerprint density at radius 2 is 1.65 bits per heavy atom. The van der Waals surface area contributed by atoms with Crippen LogP contribution in [0.15, 0.2) is 97.3 Å². The van der Waals surface area contributed by atoms with Crippen molar-refractivity contribution in [2.45, 2.75) is 12.5 Å². The third-order valence-corrected chi connectivity index (χ3v) is 6.14. The second-order valence-corrected chi connectivity index (χ2v) is 8.27. The molecule has 0 spiro atoms. The van der Waals surface area contributed by atoms with Crippen LogP contribution in [0.25, 0.3) is 11.1 Å². The van der Waals surface area contributed by atoms with E-state index in [0.29, 0.717) is 31.2 Å². The number of aromatic nitrogens is 1. The Morgan fingerprint density at radius 1 is 0.941 bits per heavy atom. The Labute approximate surface area is 199 Å². The number of pyridine rings is 1. The molecule has 170 valence electrons. The average Bonchev–Trinajstić information content (AvgIpc) is 3.13. The van der Waals surface area contributed by atoms with E-state index in [9.17, 15) is 4.79 Å². The summed E-state index contributed by atoms with van der Waals surface area (Å²) >= 11 is 0. The normalized spacial score (nSPS) is 13.1. The first kappa shape index (κ1) is 21.7. The molecule has 4 aromatic rings. The molecule has 5 rings (SSSR count). The van der Waals surface area contributed by atoms with Gasteiger partial charge in [0.1, 0.15) is 6.61 Å². The fourth-order valence-electron chi connectivity index (χ4n) is 4.47. The lowest BCUT2D eigenvalue weighted by Gasteiger charge is -2.26. The van der Waals surface area contributed by atoms with E-state index < -0.39 is 0 Å². The Morgan fingerprint density at radius 3 is 2.26 bits per heavy atom. The van der Waals surface area contributed by atoms with Gasteiger partial charge in [-0.1, -0.05) is 66.7 Å². The highest BCUT2D eigenvalue weighted by molar-refractivity contribution is 5.87. The summed E-state index contributed by atoms with van der Waals surface area (Å²) in [4.78, 5) is 20.1. The average molecular weight is 451 g/mol. The molecular weight excluding hydrogens is 424 g/mol. The van der Waals surface area contributed by atoms with Crippen molar-refractivity contribution in [1.82, 2.24) is 9.88 Å². The van der Waals surface area contributed by atoms with Gasteiger partial charge in [0.2, 0.25) is 5.91 Å². The number of carbonyl (C=O) groups is 1. The zero-order valence-electron chi connectivity index (χ0n) is 19.1. The van der Waals surface area contributed by atoms with E-state index in [4.69, 9.17) is 9.47 Å². The summed E-state index contributed by atoms with van der Waals surface area (Å²) in [6.07, 6.45) is 3.57. The van der Waals surface area contributed by atoms with Crippen LogP contribution in [0.2, 0.25) is 0 Å². The van der Waals surface area contributed by atoms with Gasteiger partial charge in [0, 0.05) is 30.1 Å². The van der Waals surface area contributed by atoms with Crippen LogP contribution in [0, 0.1) is 0 Å². The second-order valence-electron chi connectivity index (χ2n) is 8.27. The van der Waals surface area contributed by atoms with E-state index >= 15 is 0 Å². The minimum absolute atomic E-state index is 0.0552. The van der Waals surface area contributed by atoms with Crippen LogP contribution in [0.5, 0.6) is 11.5 Å². The maximum absolute atomic E-state index is 14.0. The second kappa shape index (κ2) is 9.79. The maximum atomic E-state index is 14.0. The molecule has 1 aliphatic heterocycles. The van der Waals surface area contributed by atoms with Gasteiger partial charge in [0.05, 0.1) is 19.6 Å². The highest BCUT2D eigenvalue weighted by Gasteiger charge is 2.30. The fraction of sp³-hybridized carbons (Fsp3) is 0.172. The minimum atomic E-state index is -0.382. The molecule has 0 atom stereocenters. The molecule has 0 N–H and O–H groups in total. The number of fused-ring (bicyclic) bond motifs is 1. The number of carbonyl (C=O) groups excluding carboxylic acids is 1. The molecule has 3 aromatic carbocycles. The van der Waals surface area contributed by atoms with Gasteiger partial charge < -0.3 is 14.4 Å². The van der Waals surface area contributed by atoms with Crippen LogP contribution < -0.4 is 9.47 Å². The number of amides is 1. The third-order valence-electron chi connectivity index (χ3n) is 6.14. The van der Waals surface area contributed by atoms with Gasteiger partial charge in [0.25, 0.3) is 0 Å². The summed E-state index contributed by atoms with van der Waals surface area (Å²) in [6, 6.07) is 27.9. The first-order chi connectivity index (χ1) is 16.7. The van der Waals surface area contributed by atoms with Crippen LogP contribution in [-0.2, 0) is 11.3 Å². The summed E-state index contributed by atoms with van der Waals surface area (Å²) in [5.41, 5.74) is 4.84. The van der Waals surface area contributed by atoms with Crippen molar-refractivity contribution >= 4 is 5.91 Å². The molecular formula is C29H26N2O3. The molecule has 0 bridgehead atoms. The predicted molar refractivity (Wildman–Crippen MR) is 132 cm³/mol. The smallest absolute Gasteiger partial charge is 0.234 e. The maximum Gasteiger partial charge on any atom is 0.234 e. The van der Waals surface area contributed by atoms with Crippen LogP contribution in [0.3, 0.4) is 0 Å². The van der Waals surface area contributed by atoms with Crippen molar-refractivity contribution in [3.63, 3.8) is 0 Å². The van der Waals surface area contributed by atoms with Gasteiger partial charge in [-0.15, -0.1) is 0 Å². The molecule has 5 nitrogen and oxygen atoms in total. The zero-order chi connectivity index (χ0) is 23.3. The van der Waals surface area contributed by atoms with Gasteiger partial charge in [-0.05, 0) is 34.9 Å². The molecule has 34 heavy (non-hydrogen) atoms. The zero-order valence-corrected chi connectivity index (χ0v) is 19.1. The first-order valence-corrected chi connectivity index (χ1v) is 11.4. The van der Waals surface area contributed by atoms with Crippen LogP contribution in [-0.4, -0.2) is 36.1 Å². The largest absolute Gasteiger partial charge is 0.493 e. The highest BCUT2D eigenvalue weighted by Crippen LogP contribution is 2.39. The Balaban J connectivity index is 1.53. The van der Waals surface area contributed by atoms with E-state index in [1.165, 1.54) is 0 Å². The number of methoxy groups -OCH3 is 1. The quantitative estimate of drug-likeness (QED) is 0.414. The minimum Gasteiger partial charge on any atom is -0.493 e. The molecule has 1 aliphatic rings. The molecule has 1 aromatic heterocycles. The van der Waals surface area contributed by atoms with Crippen molar-refractivity contribution in [1.29, 1.82) is 0 Å². The Hall–Kier alpha value is -4.12. The Bertz CT molecular complexity index is 1220. The lowest BCUT2D eigenvalue weighted by atomic mass is 9.90. The molecule has 0 aliphatic carbocycles.